The molecule has 0 atom stereocenters. The van der Waals surface area contributed by atoms with Gasteiger partial charge in [-0.3, -0.25) is 0 Å². The van der Waals surface area contributed by atoms with Gasteiger partial charge in [0.05, 0.1) is 13.1 Å². The van der Waals surface area contributed by atoms with Gasteiger partial charge in [-0.2, -0.15) is 0 Å². The normalized spacial score (nSPS) is 22.1. The molecule has 0 bridgehead atoms. The van der Waals surface area contributed by atoms with Gasteiger partial charge >= 0.3 is 0 Å². The average Bonchev–Trinajstić information content (AvgIpc) is 1.69. The van der Waals surface area contributed by atoms with Gasteiger partial charge in [-0.05, 0) is 19.3 Å². The van der Waals surface area contributed by atoms with E-state index in [4.69, 9.17) is 0 Å². The third-order valence-electron chi connectivity index (χ3n) is 1.41. The fourth-order valence-electron chi connectivity index (χ4n) is 0.946. The second-order valence-electron chi connectivity index (χ2n) is 2.10. The van der Waals surface area contributed by atoms with Crippen LogP contribution in [0.3, 0.4) is 0 Å². The van der Waals surface area contributed by atoms with Gasteiger partial charge in [-0.25, -0.2) is 0 Å². The first-order chi connectivity index (χ1) is 3.39. The Bertz CT molecular complexity index is 52.4. The average molecular weight is 119 g/mol. The lowest BCUT2D eigenvalue weighted by molar-refractivity contribution is -0.853. The summed E-state index contributed by atoms with van der Waals surface area (Å²) in [6.07, 6.45) is 3.55. The zero-order chi connectivity index (χ0) is 5.11. The van der Waals surface area contributed by atoms with E-state index in [-0.39, 0.29) is 5.48 Å². The predicted octanol–water partition coefficient (Wildman–Crippen LogP) is -1.27. The largest absolute Gasteiger partial charge is 0.634 e. The smallest absolute Gasteiger partial charge is 0.0768 e. The molecule has 0 aromatic carbocycles. The van der Waals surface area contributed by atoms with Crippen LogP contribution in [-0.2, 0) is 0 Å². The molecule has 3 nitrogen and oxygen atoms in total. The summed E-state index contributed by atoms with van der Waals surface area (Å²) in [7, 11) is 0. The Hall–Kier alpha value is -0.120. The van der Waals surface area contributed by atoms with Crippen LogP contribution < -0.4 is 5.06 Å². The zero-order valence-electron chi connectivity index (χ0n) is 4.94. The number of rotatable bonds is 0. The molecule has 0 saturated carbocycles. The summed E-state index contributed by atoms with van der Waals surface area (Å²) in [5.74, 6) is 0. The monoisotopic (exact) mass is 119 g/mol. The lowest BCUT2D eigenvalue weighted by Crippen LogP contribution is -3.07. The Morgan fingerprint density at radius 1 is 1.00 bits per heavy atom. The van der Waals surface area contributed by atoms with Crippen molar-refractivity contribution in [3.63, 3.8) is 0 Å². The van der Waals surface area contributed by atoms with Crippen molar-refractivity contribution in [3.05, 3.63) is 5.21 Å². The maximum atomic E-state index is 10.5. The molecule has 0 aliphatic carbocycles. The Morgan fingerprint density at radius 3 is 1.75 bits per heavy atom. The fraction of sp³-hybridized carbons (Fsp3) is 1.00. The Balaban J connectivity index is 0.000000490. The molecule has 1 aliphatic rings. The second-order valence-corrected chi connectivity index (χ2v) is 2.10. The van der Waals surface area contributed by atoms with Gasteiger partial charge in [0.2, 0.25) is 0 Å². The van der Waals surface area contributed by atoms with Gasteiger partial charge in [0, 0.05) is 0 Å². The summed E-state index contributed by atoms with van der Waals surface area (Å²) in [4.78, 5) is 0. The molecule has 0 amide bonds. The molecule has 50 valence electrons. The third-order valence-corrected chi connectivity index (χ3v) is 1.41. The molecule has 1 heterocycles. The summed E-state index contributed by atoms with van der Waals surface area (Å²) < 4.78 is 0. The highest BCUT2D eigenvalue weighted by molar-refractivity contribution is 4.44. The minimum Gasteiger partial charge on any atom is -0.634 e. The second kappa shape index (κ2) is 3.83. The minimum absolute atomic E-state index is 0. The molecule has 0 aromatic heterocycles. The van der Waals surface area contributed by atoms with Gasteiger partial charge in [-0.15, -0.1) is 0 Å². The van der Waals surface area contributed by atoms with Crippen LogP contribution in [0.25, 0.3) is 0 Å². The fourth-order valence-corrected chi connectivity index (χ4v) is 0.946. The van der Waals surface area contributed by atoms with Gasteiger partial charge in [0.1, 0.15) is 0 Å². The molecule has 1 rings (SSSR count). The van der Waals surface area contributed by atoms with Crippen LogP contribution in [0.15, 0.2) is 0 Å². The topological polar surface area (TPSA) is 59.0 Å². The first kappa shape index (κ1) is 7.88. The van der Waals surface area contributed by atoms with E-state index < -0.39 is 0 Å². The molecule has 1 fully saturated rings. The quantitative estimate of drug-likeness (QED) is 0.397. The van der Waals surface area contributed by atoms with Crippen molar-refractivity contribution in [2.45, 2.75) is 19.3 Å². The number of piperidine rings is 1. The molecule has 8 heavy (non-hydrogen) atoms. The third kappa shape index (κ3) is 2.26. The molecule has 0 unspecified atom stereocenters. The van der Waals surface area contributed by atoms with E-state index in [9.17, 15) is 5.21 Å². The zero-order valence-corrected chi connectivity index (χ0v) is 4.94. The summed E-state index contributed by atoms with van der Waals surface area (Å²) in [5, 5.41) is 10.9. The van der Waals surface area contributed by atoms with Crippen molar-refractivity contribution >= 4 is 0 Å². The van der Waals surface area contributed by atoms with Crippen molar-refractivity contribution < 1.29 is 10.5 Å². The molecule has 0 radical (unpaired) electrons. The standard InChI is InChI=1S/C5H11NO.H2O/c7-6-4-2-1-3-5-6;/h6H,1-5H2;1H2. The molecule has 0 aromatic rings. The first-order valence-corrected chi connectivity index (χ1v) is 2.91. The summed E-state index contributed by atoms with van der Waals surface area (Å²) in [6.45, 7) is 1.69. The molecule has 1 saturated heterocycles. The van der Waals surface area contributed by atoms with Crippen molar-refractivity contribution in [1.82, 2.24) is 0 Å². The molecular formula is C5H13NO2. The molecule has 1 aliphatic heterocycles. The highest BCUT2D eigenvalue weighted by Gasteiger charge is 2.02. The summed E-state index contributed by atoms with van der Waals surface area (Å²) in [5.41, 5.74) is 0. The van der Waals surface area contributed by atoms with E-state index in [1.807, 2.05) is 0 Å². The van der Waals surface area contributed by atoms with Gasteiger partial charge in [-0.1, -0.05) is 0 Å². The van der Waals surface area contributed by atoms with E-state index in [1.165, 1.54) is 6.42 Å². The Morgan fingerprint density at radius 2 is 1.50 bits per heavy atom. The van der Waals surface area contributed by atoms with Crippen LogP contribution >= 0.6 is 0 Å². The van der Waals surface area contributed by atoms with Crippen molar-refractivity contribution in [1.29, 1.82) is 0 Å². The van der Waals surface area contributed by atoms with Gasteiger partial charge in [0.25, 0.3) is 0 Å². The maximum Gasteiger partial charge on any atom is 0.0768 e. The summed E-state index contributed by atoms with van der Waals surface area (Å²) in [6, 6.07) is 0. The number of quaternary nitrogens is 1. The van der Waals surface area contributed by atoms with Crippen LogP contribution in [0, 0.1) is 5.21 Å². The van der Waals surface area contributed by atoms with Crippen molar-refractivity contribution in [2.24, 2.45) is 0 Å². The Kier molecular flexibility index (Phi) is 3.77. The van der Waals surface area contributed by atoms with Gasteiger partial charge in [0.15, 0.2) is 0 Å². The van der Waals surface area contributed by atoms with Crippen LogP contribution in [-0.4, -0.2) is 18.6 Å². The SMILES string of the molecule is O.[O-][NH+]1CCCCC1. The van der Waals surface area contributed by atoms with Crippen molar-refractivity contribution in [2.75, 3.05) is 13.1 Å². The molecule has 3 heteroatoms. The maximum absolute atomic E-state index is 10.5. The molecule has 3 N–H and O–H groups in total. The molecule has 0 spiro atoms. The van der Waals surface area contributed by atoms with Crippen LogP contribution in [0.5, 0.6) is 0 Å². The van der Waals surface area contributed by atoms with Gasteiger partial charge < -0.3 is 15.7 Å². The van der Waals surface area contributed by atoms with Crippen LogP contribution in [0.2, 0.25) is 0 Å². The molecular weight excluding hydrogens is 106 g/mol. The number of hydrogen-bond donors (Lipinski definition) is 1. The number of hydroxylamine groups is 2. The lowest BCUT2D eigenvalue weighted by atomic mass is 10.2. The van der Waals surface area contributed by atoms with E-state index in [0.717, 1.165) is 25.9 Å². The first-order valence-electron chi connectivity index (χ1n) is 2.91. The predicted molar refractivity (Wildman–Crippen MR) is 31.5 cm³/mol. The van der Waals surface area contributed by atoms with E-state index in [2.05, 4.69) is 0 Å². The van der Waals surface area contributed by atoms with E-state index >= 15 is 0 Å². The van der Waals surface area contributed by atoms with Crippen LogP contribution in [0.4, 0.5) is 0 Å². The number of nitrogens with one attached hydrogen (secondary N) is 1. The van der Waals surface area contributed by atoms with Crippen molar-refractivity contribution in [3.8, 4) is 0 Å². The minimum atomic E-state index is 0. The Labute approximate surface area is 49.2 Å². The highest BCUT2D eigenvalue weighted by atomic mass is 16.5. The van der Waals surface area contributed by atoms with E-state index in [0.29, 0.717) is 5.06 Å². The lowest BCUT2D eigenvalue weighted by Gasteiger charge is -2.25. The van der Waals surface area contributed by atoms with E-state index in [1.54, 1.807) is 0 Å². The number of hydrogen-bond acceptors (Lipinski definition) is 1. The van der Waals surface area contributed by atoms with Crippen LogP contribution in [0.1, 0.15) is 19.3 Å². The highest BCUT2D eigenvalue weighted by Crippen LogP contribution is 1.93. The summed E-state index contributed by atoms with van der Waals surface area (Å²) >= 11 is 0.